The van der Waals surface area contributed by atoms with E-state index in [1.165, 1.54) is 37.7 Å². The number of halogens is 1. The van der Waals surface area contributed by atoms with Gasteiger partial charge >= 0.3 is 29.6 Å². The van der Waals surface area contributed by atoms with Crippen molar-refractivity contribution >= 4 is 75.0 Å². The molecule has 7 heterocycles. The third kappa shape index (κ3) is 7.79. The van der Waals surface area contributed by atoms with Crippen molar-refractivity contribution in [2.24, 2.45) is 16.5 Å². The van der Waals surface area contributed by atoms with Crippen LogP contribution in [0.4, 0.5) is 5.13 Å². The normalized spacial score (nSPS) is 24.8. The van der Waals surface area contributed by atoms with E-state index in [1.807, 2.05) is 0 Å². The number of aliphatic carboxylic acids is 1. The van der Waals surface area contributed by atoms with Crippen LogP contribution in [0.15, 0.2) is 22.9 Å². The summed E-state index contributed by atoms with van der Waals surface area (Å²) < 4.78 is 4.82. The summed E-state index contributed by atoms with van der Waals surface area (Å²) in [4.78, 5) is 62.7. The molecule has 2 aromatic heterocycles. The van der Waals surface area contributed by atoms with E-state index >= 15 is 0 Å². The van der Waals surface area contributed by atoms with Crippen LogP contribution in [0.25, 0.3) is 5.70 Å². The van der Waals surface area contributed by atoms with Crippen LogP contribution >= 0.6 is 34.9 Å². The second-order valence-electron chi connectivity index (χ2n) is 14.5. The number of tetrazole rings is 1. The number of carbonyl (C=O) groups is 4. The van der Waals surface area contributed by atoms with Crippen molar-refractivity contribution in [2.45, 2.75) is 50.5 Å². The molecule has 5 aliphatic heterocycles. The third-order valence-electron chi connectivity index (χ3n) is 10.7. The quantitative estimate of drug-likeness (QED) is 0.0332. The van der Waals surface area contributed by atoms with Gasteiger partial charge in [0.15, 0.2) is 33.7 Å². The zero-order chi connectivity index (χ0) is 38.6. The molecule has 0 saturated carbocycles. The number of nitrogens with two attached hydrogens (primary N) is 1. The number of aromatic nitrogens is 6. The fourth-order valence-corrected chi connectivity index (χ4v) is 9.45. The van der Waals surface area contributed by atoms with Crippen molar-refractivity contribution in [3.05, 3.63) is 39.9 Å². The Bertz CT molecular complexity index is 2070. The van der Waals surface area contributed by atoms with Crippen molar-refractivity contribution < 1.29 is 73.4 Å². The number of aromatic hydroxyl groups is 2. The largest absolute Gasteiger partial charge is 1.00 e. The van der Waals surface area contributed by atoms with Crippen molar-refractivity contribution in [1.29, 1.82) is 0 Å². The molecule has 2 bridgehead atoms. The molecule has 2 atom stereocenters. The zero-order valence-electron chi connectivity index (χ0n) is 30.0. The van der Waals surface area contributed by atoms with E-state index in [-0.39, 0.29) is 80.4 Å². The minimum atomic E-state index is -1.87. The van der Waals surface area contributed by atoms with Crippen LogP contribution in [-0.2, 0) is 19.2 Å². The van der Waals surface area contributed by atoms with Crippen molar-refractivity contribution in [3.63, 3.8) is 0 Å². The minimum Gasteiger partial charge on any atom is -0.546 e. The van der Waals surface area contributed by atoms with Gasteiger partial charge < -0.3 is 45.6 Å². The minimum absolute atomic E-state index is 0. The number of carboxylic acid groups (broad SMARTS) is 1. The standard InChI is InChI=1S/C32H36ClN11O8S2.Na/c1-31(2,29(50)51)52-39-21(24-36-30(34)54-40-24)19(46)11-17-27(49)43-22(25-37-41-42-38-25)15(13-53-28(17)43)12-44-8-5-32(6-9-44,7-10-44)14-35-26(48)16-3-4-18(45)23(47)20(16)33;/h3-4,17,28H,5-14H2,1-2H3,(H6-,34,35,36,37,38,39,40,41,42,45,46,47,48,50,51);/q;+1/p-1/t17-,28-,32?,44?;/m1./s1. The maximum absolute atomic E-state index is 13.9. The number of phenols is 2. The fraction of sp³-hybridized carbons (Fsp3) is 0.500. The summed E-state index contributed by atoms with van der Waals surface area (Å²) in [6.45, 7) is 6.04. The predicted molar refractivity (Wildman–Crippen MR) is 190 cm³/mol. The summed E-state index contributed by atoms with van der Waals surface area (Å²) in [5.74, 6) is -4.01. The summed E-state index contributed by atoms with van der Waals surface area (Å²) in [6, 6.07) is 2.60. The van der Waals surface area contributed by atoms with Gasteiger partial charge in [-0.1, -0.05) is 16.8 Å². The summed E-state index contributed by atoms with van der Waals surface area (Å²) >= 11 is 8.45. The Balaban J connectivity index is 0.00000514. The van der Waals surface area contributed by atoms with Gasteiger partial charge in [-0.25, -0.2) is 0 Å². The van der Waals surface area contributed by atoms with E-state index in [0.717, 1.165) is 60.5 Å². The van der Waals surface area contributed by atoms with E-state index in [9.17, 15) is 34.5 Å². The number of quaternary nitrogens is 1. The van der Waals surface area contributed by atoms with Gasteiger partial charge in [-0.2, -0.15) is 14.6 Å². The maximum atomic E-state index is 13.9. The molecule has 19 nitrogen and oxygen atoms in total. The van der Waals surface area contributed by atoms with Crippen molar-refractivity contribution in [1.82, 2.24) is 40.2 Å². The molecule has 3 aromatic rings. The SMILES string of the molecule is CC(C)(O/N=C(\C(=O)C[C@@H]1C(=O)N2C(c3nnn[n-]3)=C(C[N+]34CCC(CNC(=O)c5ccc(O)c(O)c5Cl)(CC3)CC4)CS[C@H]12)c1nsc(N)n1)C(=O)[O-].[Na+]. The van der Waals surface area contributed by atoms with Crippen LogP contribution in [0.3, 0.4) is 0 Å². The topological polar surface area (TPSA) is 273 Å². The Morgan fingerprint density at radius 2 is 1.95 bits per heavy atom. The number of oxime groups is 1. The van der Waals surface area contributed by atoms with Gasteiger partial charge in [0.1, 0.15) is 6.54 Å². The first-order chi connectivity index (χ1) is 25.6. The number of carboxylic acids is 1. The first-order valence-electron chi connectivity index (χ1n) is 16.9. The number of amides is 2. The summed E-state index contributed by atoms with van der Waals surface area (Å²) in [6.07, 6.45) is 2.29. The molecule has 5 aliphatic rings. The number of nitrogen functional groups attached to an aromatic ring is 1. The van der Waals surface area contributed by atoms with Crippen LogP contribution in [0.5, 0.6) is 11.5 Å². The van der Waals surface area contributed by atoms with Gasteiger partial charge in [-0.3, -0.25) is 29.6 Å². The Morgan fingerprint density at radius 3 is 2.56 bits per heavy atom. The van der Waals surface area contributed by atoms with Crippen LogP contribution in [0.1, 0.15) is 61.5 Å². The van der Waals surface area contributed by atoms with Crippen LogP contribution in [0.2, 0.25) is 5.02 Å². The van der Waals surface area contributed by atoms with E-state index in [2.05, 4.69) is 40.5 Å². The Labute approximate surface area is 349 Å². The molecule has 55 heavy (non-hydrogen) atoms. The number of phenolic OH excluding ortho intramolecular Hbond substituents is 2. The number of Topliss-reactive ketones (excluding diaryl/α,β-unsaturated/α-hetero) is 1. The molecule has 1 aromatic carbocycles. The molecular weight excluding hydrogens is 789 g/mol. The van der Waals surface area contributed by atoms with Crippen LogP contribution in [-0.4, -0.2) is 123 Å². The van der Waals surface area contributed by atoms with Crippen molar-refractivity contribution in [3.8, 4) is 11.5 Å². The first kappa shape index (κ1) is 40.8. The average Bonchev–Trinajstić information content (AvgIpc) is 3.85. The number of benzene rings is 1. The van der Waals surface area contributed by atoms with Crippen LogP contribution in [0, 0.1) is 11.3 Å². The molecule has 2 amide bonds. The molecule has 0 unspecified atom stereocenters. The Hall–Kier alpha value is -3.86. The number of anilines is 1. The molecule has 0 spiro atoms. The Kier molecular flexibility index (Phi) is 11.6. The number of ketones is 1. The van der Waals surface area contributed by atoms with Crippen LogP contribution < -0.4 is 50.8 Å². The number of nitrogens with one attached hydrogen (secondary N) is 1. The van der Waals surface area contributed by atoms with Gasteiger partial charge in [0.2, 0.25) is 11.7 Å². The molecule has 0 radical (unpaired) electrons. The first-order valence-corrected chi connectivity index (χ1v) is 19.1. The molecule has 4 fully saturated rings. The number of fused-ring (bicyclic) bond motifs is 4. The molecule has 286 valence electrons. The third-order valence-corrected chi connectivity index (χ3v) is 13.0. The number of nitrogens with zero attached hydrogens (tertiary/aromatic N) is 9. The number of piperidine rings is 3. The maximum Gasteiger partial charge on any atom is 1.00 e. The fourth-order valence-electron chi connectivity index (χ4n) is 7.37. The molecule has 23 heteroatoms. The predicted octanol–water partition coefficient (Wildman–Crippen LogP) is -3.09. The van der Waals surface area contributed by atoms with Gasteiger partial charge in [0, 0.05) is 60.5 Å². The van der Waals surface area contributed by atoms with E-state index in [0.29, 0.717) is 24.5 Å². The summed E-state index contributed by atoms with van der Waals surface area (Å²) in [7, 11) is 0. The van der Waals surface area contributed by atoms with Crippen molar-refractivity contribution in [2.75, 3.05) is 44.2 Å². The van der Waals surface area contributed by atoms with Gasteiger partial charge in [-0.05, 0) is 26.0 Å². The number of rotatable bonds is 13. The molecule has 8 rings (SSSR count). The number of carbonyl (C=O) groups excluding carboxylic acids is 4. The van der Waals surface area contributed by atoms with Gasteiger partial charge in [0.05, 0.1) is 59.0 Å². The number of thioether (sulfide) groups is 1. The van der Waals surface area contributed by atoms with E-state index in [4.69, 9.17) is 22.2 Å². The zero-order valence-corrected chi connectivity index (χ0v) is 34.4. The summed E-state index contributed by atoms with van der Waals surface area (Å²) in [5.41, 5.74) is 4.99. The van der Waals surface area contributed by atoms with Gasteiger partial charge in [-0.15, -0.1) is 11.8 Å². The number of hydrogen-bond donors (Lipinski definition) is 4. The van der Waals surface area contributed by atoms with E-state index in [1.54, 1.807) is 4.90 Å². The number of β-lactam (4-membered cyclic amide) rings is 1. The summed E-state index contributed by atoms with van der Waals surface area (Å²) in [5, 5.41) is 52.9. The molecule has 4 saturated heterocycles. The molecule has 5 N–H and O–H groups in total. The van der Waals surface area contributed by atoms with E-state index < -0.39 is 46.1 Å². The number of hydrogen-bond acceptors (Lipinski definition) is 17. The molecule has 0 aliphatic carbocycles. The second kappa shape index (κ2) is 15.6. The van der Waals surface area contributed by atoms with Gasteiger partial charge in [0.25, 0.3) is 5.91 Å². The monoisotopic (exact) mass is 823 g/mol. The Morgan fingerprint density at radius 1 is 1.24 bits per heavy atom. The molecular formula is C32H35ClN11NaO8S2. The smallest absolute Gasteiger partial charge is 0.546 e. The average molecular weight is 824 g/mol. The second-order valence-corrected chi connectivity index (χ2v) is 16.7.